The van der Waals surface area contributed by atoms with Crippen molar-refractivity contribution in [1.82, 2.24) is 5.48 Å². The number of ether oxygens (including phenoxy) is 1. The van der Waals surface area contributed by atoms with Gasteiger partial charge < -0.3 is 4.74 Å². The van der Waals surface area contributed by atoms with Crippen LogP contribution in [-0.4, -0.2) is 26.6 Å². The molecule has 0 bridgehead atoms. The third-order valence-corrected chi connectivity index (χ3v) is 7.25. The zero-order valence-corrected chi connectivity index (χ0v) is 18.0. The van der Waals surface area contributed by atoms with E-state index in [-0.39, 0.29) is 4.90 Å². The second-order valence-corrected chi connectivity index (χ2v) is 9.34. The highest BCUT2D eigenvalue weighted by molar-refractivity contribution is 7.92. The smallest absolute Gasteiger partial charge is 0.285 e. The second-order valence-electron chi connectivity index (χ2n) is 6.61. The Morgan fingerprint density at radius 3 is 2.35 bits per heavy atom. The van der Waals surface area contributed by atoms with Gasteiger partial charge >= 0.3 is 0 Å². The van der Waals surface area contributed by atoms with Gasteiger partial charge in [0.25, 0.3) is 15.9 Å². The maximum Gasteiger partial charge on any atom is 0.285 e. The summed E-state index contributed by atoms with van der Waals surface area (Å²) in [5.41, 5.74) is 3.44. The summed E-state index contributed by atoms with van der Waals surface area (Å²) in [6.07, 6.45) is 0. The molecule has 0 aliphatic rings. The maximum atomic E-state index is 12.8. The van der Waals surface area contributed by atoms with Crippen molar-refractivity contribution in [2.45, 2.75) is 4.90 Å². The first-order valence-corrected chi connectivity index (χ1v) is 11.5. The van der Waals surface area contributed by atoms with E-state index in [0.29, 0.717) is 27.3 Å². The lowest BCUT2D eigenvalue weighted by molar-refractivity contribution is 0.0711. The lowest BCUT2D eigenvalue weighted by Gasteiger charge is -2.10. The van der Waals surface area contributed by atoms with Gasteiger partial charge in [0, 0.05) is 21.3 Å². The standard InChI is InChI=1S/C22H18N2O5S2/c1-29-16-8-10-17(11-9-16)31(27,28)24-15-7-12-19-18(13-15)20(14-5-3-2-4-6-14)21(30-19)22(25)23-26/h2-13,24,26H,1H3,(H,23,25). The summed E-state index contributed by atoms with van der Waals surface area (Å²) in [6, 6.07) is 20.4. The molecule has 4 aromatic rings. The molecule has 0 fully saturated rings. The van der Waals surface area contributed by atoms with Crippen molar-refractivity contribution in [3.63, 3.8) is 0 Å². The summed E-state index contributed by atoms with van der Waals surface area (Å²) in [7, 11) is -2.31. The summed E-state index contributed by atoms with van der Waals surface area (Å²) in [6.45, 7) is 0. The molecule has 0 unspecified atom stereocenters. The summed E-state index contributed by atoms with van der Waals surface area (Å²) in [5, 5.41) is 9.86. The molecule has 1 aromatic heterocycles. The van der Waals surface area contributed by atoms with Crippen molar-refractivity contribution >= 4 is 43.0 Å². The molecule has 7 nitrogen and oxygen atoms in total. The summed E-state index contributed by atoms with van der Waals surface area (Å²) in [5.74, 6) is -0.0683. The summed E-state index contributed by atoms with van der Waals surface area (Å²) in [4.78, 5) is 12.7. The molecule has 0 saturated carbocycles. The largest absolute Gasteiger partial charge is 0.497 e. The first-order valence-electron chi connectivity index (χ1n) is 9.16. The van der Waals surface area contributed by atoms with Crippen LogP contribution < -0.4 is 14.9 Å². The molecular weight excluding hydrogens is 436 g/mol. The fourth-order valence-corrected chi connectivity index (χ4v) is 5.38. The van der Waals surface area contributed by atoms with Crippen LogP contribution in [0.25, 0.3) is 21.2 Å². The zero-order chi connectivity index (χ0) is 22.0. The van der Waals surface area contributed by atoms with E-state index in [2.05, 4.69) is 4.72 Å². The van der Waals surface area contributed by atoms with Crippen molar-refractivity contribution < 1.29 is 23.2 Å². The number of methoxy groups -OCH3 is 1. The quantitative estimate of drug-likeness (QED) is 0.294. The third kappa shape index (κ3) is 4.11. The van der Waals surface area contributed by atoms with Crippen molar-refractivity contribution in [3.8, 4) is 16.9 Å². The van der Waals surface area contributed by atoms with Gasteiger partial charge in [0.05, 0.1) is 12.0 Å². The highest BCUT2D eigenvalue weighted by atomic mass is 32.2. The van der Waals surface area contributed by atoms with E-state index in [4.69, 9.17) is 9.94 Å². The van der Waals surface area contributed by atoms with Crippen LogP contribution in [0, 0.1) is 0 Å². The van der Waals surface area contributed by atoms with E-state index in [1.54, 1.807) is 35.8 Å². The molecule has 0 radical (unpaired) electrons. The molecule has 158 valence electrons. The number of carbonyl (C=O) groups excluding carboxylic acids is 1. The molecule has 1 heterocycles. The number of amides is 1. The minimum Gasteiger partial charge on any atom is -0.497 e. The van der Waals surface area contributed by atoms with Crippen molar-refractivity contribution in [2.24, 2.45) is 0 Å². The highest BCUT2D eigenvalue weighted by Gasteiger charge is 2.21. The van der Waals surface area contributed by atoms with Gasteiger partial charge in [0.15, 0.2) is 0 Å². The molecule has 31 heavy (non-hydrogen) atoms. The predicted octanol–water partition coefficient (Wildman–Crippen LogP) is 4.50. The number of nitrogens with one attached hydrogen (secondary N) is 2. The Hall–Kier alpha value is -3.40. The van der Waals surface area contributed by atoms with E-state index in [1.807, 2.05) is 30.3 Å². The van der Waals surface area contributed by atoms with E-state index >= 15 is 0 Å². The summed E-state index contributed by atoms with van der Waals surface area (Å²) < 4.78 is 34.0. The molecule has 0 saturated heterocycles. The first kappa shape index (κ1) is 20.9. The Kier molecular flexibility index (Phi) is 5.64. The van der Waals surface area contributed by atoms with Gasteiger partial charge in [-0.3, -0.25) is 14.7 Å². The van der Waals surface area contributed by atoms with Crippen LogP contribution in [0.15, 0.2) is 77.7 Å². The monoisotopic (exact) mass is 454 g/mol. The van der Waals surface area contributed by atoms with Crippen LogP contribution in [-0.2, 0) is 10.0 Å². The Morgan fingerprint density at radius 2 is 1.71 bits per heavy atom. The average Bonchev–Trinajstić information content (AvgIpc) is 3.17. The van der Waals surface area contributed by atoms with Crippen LogP contribution in [0.3, 0.4) is 0 Å². The Bertz CT molecular complexity index is 1350. The highest BCUT2D eigenvalue weighted by Crippen LogP contribution is 2.40. The fraction of sp³-hybridized carbons (Fsp3) is 0.0455. The van der Waals surface area contributed by atoms with Crippen molar-refractivity contribution in [1.29, 1.82) is 0 Å². The number of anilines is 1. The second kappa shape index (κ2) is 8.38. The SMILES string of the molecule is COc1ccc(S(=O)(=O)Nc2ccc3sc(C(=O)NO)c(-c4ccccc4)c3c2)cc1. The topological polar surface area (TPSA) is 105 Å². The van der Waals surface area contributed by atoms with Gasteiger partial charge in [-0.15, -0.1) is 11.3 Å². The molecule has 3 aromatic carbocycles. The van der Waals surface area contributed by atoms with Crippen LogP contribution in [0.4, 0.5) is 5.69 Å². The predicted molar refractivity (Wildman–Crippen MR) is 120 cm³/mol. The Labute approximate surface area is 182 Å². The van der Waals surface area contributed by atoms with Gasteiger partial charge in [-0.1, -0.05) is 30.3 Å². The molecular formula is C22H18N2O5S2. The number of hydrogen-bond donors (Lipinski definition) is 3. The summed E-state index contributed by atoms with van der Waals surface area (Å²) >= 11 is 1.22. The van der Waals surface area contributed by atoms with Gasteiger partial charge in [-0.05, 0) is 48.0 Å². The normalized spacial score (nSPS) is 11.3. The molecule has 3 N–H and O–H groups in total. The van der Waals surface area contributed by atoms with E-state index < -0.39 is 15.9 Å². The zero-order valence-electron chi connectivity index (χ0n) is 16.3. The molecule has 0 aliphatic carbocycles. The lowest BCUT2D eigenvalue weighted by Crippen LogP contribution is -2.17. The number of sulfonamides is 1. The van der Waals surface area contributed by atoms with E-state index in [0.717, 1.165) is 10.3 Å². The van der Waals surface area contributed by atoms with Gasteiger partial charge in [0.1, 0.15) is 10.6 Å². The van der Waals surface area contributed by atoms with Crippen molar-refractivity contribution in [3.05, 3.63) is 77.7 Å². The first-order chi connectivity index (χ1) is 14.9. The van der Waals surface area contributed by atoms with Gasteiger partial charge in [0.2, 0.25) is 0 Å². The van der Waals surface area contributed by atoms with Gasteiger partial charge in [-0.25, -0.2) is 13.9 Å². The molecule has 0 aliphatic heterocycles. The van der Waals surface area contributed by atoms with Crippen LogP contribution in [0.2, 0.25) is 0 Å². The van der Waals surface area contributed by atoms with Crippen molar-refractivity contribution in [2.75, 3.05) is 11.8 Å². The van der Waals surface area contributed by atoms with Crippen LogP contribution >= 0.6 is 11.3 Å². The number of hydrogen-bond acceptors (Lipinski definition) is 6. The number of carbonyl (C=O) groups is 1. The lowest BCUT2D eigenvalue weighted by atomic mass is 10.0. The van der Waals surface area contributed by atoms with Crippen LogP contribution in [0.1, 0.15) is 9.67 Å². The number of rotatable bonds is 6. The minimum absolute atomic E-state index is 0.0994. The minimum atomic E-state index is -3.82. The number of thiophene rings is 1. The van der Waals surface area contributed by atoms with Crippen LogP contribution in [0.5, 0.6) is 5.75 Å². The fourth-order valence-electron chi connectivity index (χ4n) is 3.23. The van der Waals surface area contributed by atoms with E-state index in [9.17, 15) is 13.2 Å². The number of benzene rings is 3. The Balaban J connectivity index is 1.79. The molecule has 4 rings (SSSR count). The molecule has 0 spiro atoms. The number of hydroxylamine groups is 1. The van der Waals surface area contributed by atoms with E-state index in [1.165, 1.54) is 30.6 Å². The number of fused-ring (bicyclic) bond motifs is 1. The molecule has 9 heteroatoms. The third-order valence-electron chi connectivity index (χ3n) is 4.68. The average molecular weight is 455 g/mol. The van der Waals surface area contributed by atoms with Gasteiger partial charge in [-0.2, -0.15) is 0 Å². The Morgan fingerprint density at radius 1 is 1.00 bits per heavy atom. The molecule has 1 amide bonds. The maximum absolute atomic E-state index is 12.8. The molecule has 0 atom stereocenters.